The van der Waals surface area contributed by atoms with Crippen LogP contribution in [-0.2, 0) is 4.89 Å². The second kappa shape index (κ2) is 3.98. The second-order valence-electron chi connectivity index (χ2n) is 2.18. The van der Waals surface area contributed by atoms with E-state index in [2.05, 4.69) is 4.89 Å². The van der Waals surface area contributed by atoms with Crippen LogP contribution in [0.15, 0.2) is 24.3 Å². The van der Waals surface area contributed by atoms with Crippen LogP contribution in [0, 0.1) is 13.8 Å². The molecule has 1 aromatic rings. The van der Waals surface area contributed by atoms with E-state index in [1.165, 1.54) is 5.56 Å². The molecule has 0 bridgehead atoms. The summed E-state index contributed by atoms with van der Waals surface area (Å²) in [5, 5.41) is 0. The fourth-order valence-corrected chi connectivity index (χ4v) is 0.696. The third-order valence-electron chi connectivity index (χ3n) is 1.24. The molecule has 2 nitrogen and oxygen atoms in total. The van der Waals surface area contributed by atoms with Crippen LogP contribution in [-0.4, -0.2) is 6.61 Å². The van der Waals surface area contributed by atoms with Crippen molar-refractivity contribution >= 4 is 0 Å². The van der Waals surface area contributed by atoms with Crippen molar-refractivity contribution in [2.45, 2.75) is 6.92 Å². The van der Waals surface area contributed by atoms with E-state index in [9.17, 15) is 0 Å². The van der Waals surface area contributed by atoms with Gasteiger partial charge in [0, 0.05) is 0 Å². The Hall–Kier alpha value is -1.02. The van der Waals surface area contributed by atoms with Gasteiger partial charge in [-0.1, -0.05) is 17.7 Å². The van der Waals surface area contributed by atoms with E-state index in [4.69, 9.17) is 11.8 Å². The summed E-state index contributed by atoms with van der Waals surface area (Å²) in [5.41, 5.74) is 1.19. The Balaban J connectivity index is 2.52. The van der Waals surface area contributed by atoms with Gasteiger partial charge in [0.05, 0.1) is 6.61 Å². The van der Waals surface area contributed by atoms with Gasteiger partial charge < -0.3 is 4.89 Å². The molecular formula is C9H10O2. The molecule has 0 saturated heterocycles. The second-order valence-corrected chi connectivity index (χ2v) is 2.18. The quantitative estimate of drug-likeness (QED) is 0.484. The summed E-state index contributed by atoms with van der Waals surface area (Å²) in [5.74, 6) is 0.668. The summed E-state index contributed by atoms with van der Waals surface area (Å²) in [6.07, 6.45) is 0. The van der Waals surface area contributed by atoms with Crippen molar-refractivity contribution in [3.63, 3.8) is 0 Å². The molecule has 0 heterocycles. The lowest BCUT2D eigenvalue weighted by atomic mass is 10.2. The van der Waals surface area contributed by atoms with E-state index in [1.807, 2.05) is 31.2 Å². The molecule has 58 valence electrons. The predicted octanol–water partition coefficient (Wildman–Crippen LogP) is 2.02. The molecule has 0 aliphatic carbocycles. The molecule has 1 aromatic carbocycles. The van der Waals surface area contributed by atoms with Crippen molar-refractivity contribution in [3.05, 3.63) is 36.8 Å². The van der Waals surface area contributed by atoms with Gasteiger partial charge in [-0.15, -0.1) is 0 Å². The first-order chi connectivity index (χ1) is 5.33. The third kappa shape index (κ3) is 2.60. The standard InChI is InChI=1S/C9H10O2/c1-3-10-11-9-6-4-8(2)5-7-9/h1,4-7H,3H2,2H3. The van der Waals surface area contributed by atoms with Crippen LogP contribution in [0.1, 0.15) is 5.56 Å². The maximum Gasteiger partial charge on any atom is 0.165 e. The molecule has 0 spiro atoms. The zero-order chi connectivity index (χ0) is 8.10. The molecule has 0 fully saturated rings. The average Bonchev–Trinajstić information content (AvgIpc) is 2.04. The van der Waals surface area contributed by atoms with Crippen LogP contribution < -0.4 is 4.89 Å². The van der Waals surface area contributed by atoms with Crippen LogP contribution in [0.3, 0.4) is 0 Å². The van der Waals surface area contributed by atoms with Crippen molar-refractivity contribution in [1.82, 2.24) is 0 Å². The predicted molar refractivity (Wildman–Crippen MR) is 42.1 cm³/mol. The number of benzene rings is 1. The zero-order valence-corrected chi connectivity index (χ0v) is 6.41. The molecule has 0 aliphatic heterocycles. The minimum Gasteiger partial charge on any atom is -0.338 e. The van der Waals surface area contributed by atoms with Crippen molar-refractivity contribution < 1.29 is 9.78 Å². The molecular weight excluding hydrogens is 140 g/mol. The van der Waals surface area contributed by atoms with Gasteiger partial charge in [-0.05, 0) is 26.0 Å². The van der Waals surface area contributed by atoms with Crippen LogP contribution in [0.4, 0.5) is 0 Å². The Morgan fingerprint density at radius 2 is 1.91 bits per heavy atom. The smallest absolute Gasteiger partial charge is 0.165 e. The summed E-state index contributed by atoms with van der Waals surface area (Å²) >= 11 is 0. The molecule has 2 heteroatoms. The summed E-state index contributed by atoms with van der Waals surface area (Å²) in [7, 11) is 0. The van der Waals surface area contributed by atoms with Crippen molar-refractivity contribution in [1.29, 1.82) is 0 Å². The molecule has 0 unspecified atom stereocenters. The Morgan fingerprint density at radius 1 is 1.27 bits per heavy atom. The molecule has 0 saturated carbocycles. The Kier molecular flexibility index (Phi) is 2.93. The van der Waals surface area contributed by atoms with E-state index < -0.39 is 0 Å². The van der Waals surface area contributed by atoms with E-state index >= 15 is 0 Å². The highest BCUT2D eigenvalue weighted by atomic mass is 17.2. The molecule has 11 heavy (non-hydrogen) atoms. The van der Waals surface area contributed by atoms with Gasteiger partial charge in [0.15, 0.2) is 5.75 Å². The SMILES string of the molecule is [CH]COOc1ccc(C)cc1. The number of aryl methyl sites for hydroxylation is 1. The molecule has 0 N–H and O–H groups in total. The minimum atomic E-state index is 0.0634. The first-order valence-corrected chi connectivity index (χ1v) is 3.39. The van der Waals surface area contributed by atoms with E-state index in [0.29, 0.717) is 5.75 Å². The molecule has 0 aliphatic rings. The maximum absolute atomic E-state index is 5.06. The first kappa shape index (κ1) is 8.08. The number of rotatable bonds is 3. The van der Waals surface area contributed by atoms with Crippen molar-refractivity contribution in [2.24, 2.45) is 0 Å². The van der Waals surface area contributed by atoms with Crippen LogP contribution in [0.25, 0.3) is 0 Å². The summed E-state index contributed by atoms with van der Waals surface area (Å²) in [4.78, 5) is 9.32. The van der Waals surface area contributed by atoms with Gasteiger partial charge in [0.1, 0.15) is 0 Å². The molecule has 1 rings (SSSR count). The highest BCUT2D eigenvalue weighted by Crippen LogP contribution is 2.10. The summed E-state index contributed by atoms with van der Waals surface area (Å²) < 4.78 is 0. The van der Waals surface area contributed by atoms with Crippen molar-refractivity contribution in [3.8, 4) is 5.75 Å². The zero-order valence-electron chi connectivity index (χ0n) is 6.41. The normalized spacial score (nSPS) is 9.64. The Labute approximate surface area is 66.7 Å². The van der Waals surface area contributed by atoms with Crippen LogP contribution in [0.2, 0.25) is 0 Å². The lowest BCUT2D eigenvalue weighted by molar-refractivity contribution is -0.196. The topological polar surface area (TPSA) is 18.5 Å². The van der Waals surface area contributed by atoms with Gasteiger partial charge in [-0.3, -0.25) is 0 Å². The largest absolute Gasteiger partial charge is 0.338 e. The number of hydrogen-bond donors (Lipinski definition) is 0. The van der Waals surface area contributed by atoms with Gasteiger partial charge in [0.2, 0.25) is 0 Å². The lowest BCUT2D eigenvalue weighted by Crippen LogP contribution is -1.95. The Bertz CT molecular complexity index is 203. The molecule has 0 aromatic heterocycles. The fourth-order valence-electron chi connectivity index (χ4n) is 0.696. The van der Waals surface area contributed by atoms with Gasteiger partial charge in [-0.25, -0.2) is 0 Å². The third-order valence-corrected chi connectivity index (χ3v) is 1.24. The highest BCUT2D eigenvalue weighted by Gasteiger charge is 1.91. The van der Waals surface area contributed by atoms with Gasteiger partial charge in [0.25, 0.3) is 0 Å². The van der Waals surface area contributed by atoms with Gasteiger partial charge in [-0.2, -0.15) is 4.89 Å². The fraction of sp³-hybridized carbons (Fsp3) is 0.222. The highest BCUT2D eigenvalue weighted by molar-refractivity contribution is 5.25. The minimum absolute atomic E-state index is 0.0634. The maximum atomic E-state index is 5.06. The van der Waals surface area contributed by atoms with Crippen LogP contribution >= 0.6 is 0 Å². The van der Waals surface area contributed by atoms with Crippen molar-refractivity contribution in [2.75, 3.05) is 6.61 Å². The van der Waals surface area contributed by atoms with E-state index in [1.54, 1.807) is 0 Å². The summed E-state index contributed by atoms with van der Waals surface area (Å²) in [6, 6.07) is 7.53. The molecule has 0 amide bonds. The summed E-state index contributed by atoms with van der Waals surface area (Å²) in [6.45, 7) is 7.13. The molecule has 0 atom stereocenters. The van der Waals surface area contributed by atoms with Gasteiger partial charge >= 0.3 is 0 Å². The Morgan fingerprint density at radius 3 is 2.45 bits per heavy atom. The number of hydrogen-bond acceptors (Lipinski definition) is 2. The molecule has 2 radical (unpaired) electrons. The van der Waals surface area contributed by atoms with Crippen LogP contribution in [0.5, 0.6) is 5.75 Å². The lowest BCUT2D eigenvalue weighted by Gasteiger charge is -2.01. The first-order valence-electron chi connectivity index (χ1n) is 3.39. The monoisotopic (exact) mass is 150 g/mol. The van der Waals surface area contributed by atoms with E-state index in [-0.39, 0.29) is 6.61 Å². The van der Waals surface area contributed by atoms with E-state index in [0.717, 1.165) is 0 Å². The average molecular weight is 150 g/mol.